The summed E-state index contributed by atoms with van der Waals surface area (Å²) in [5.41, 5.74) is 1.10. The number of H-pyrrole nitrogens is 1. The van der Waals surface area contributed by atoms with Crippen LogP contribution in [0.3, 0.4) is 0 Å². The molecule has 1 aliphatic carbocycles. The van der Waals surface area contributed by atoms with Crippen LogP contribution >= 0.6 is 0 Å². The van der Waals surface area contributed by atoms with E-state index in [0.717, 1.165) is 18.7 Å². The highest BCUT2D eigenvalue weighted by Gasteiger charge is 2.26. The Labute approximate surface area is 117 Å². The van der Waals surface area contributed by atoms with Gasteiger partial charge in [0.25, 0.3) is 5.56 Å². The van der Waals surface area contributed by atoms with Crippen LogP contribution in [0.2, 0.25) is 0 Å². The molecule has 4 heteroatoms. The Kier molecular flexibility index (Phi) is 3.30. The summed E-state index contributed by atoms with van der Waals surface area (Å²) < 4.78 is 5.68. The first kappa shape index (κ1) is 12.9. The van der Waals surface area contributed by atoms with Crippen molar-refractivity contribution in [2.75, 3.05) is 0 Å². The molecule has 0 spiro atoms. The van der Waals surface area contributed by atoms with E-state index >= 15 is 0 Å². The van der Waals surface area contributed by atoms with E-state index < -0.39 is 0 Å². The molecule has 0 radical (unpaired) electrons. The van der Waals surface area contributed by atoms with E-state index in [4.69, 9.17) is 4.74 Å². The van der Waals surface area contributed by atoms with Gasteiger partial charge < -0.3 is 9.72 Å². The third-order valence-corrected chi connectivity index (χ3v) is 3.47. The molecule has 2 aromatic rings. The summed E-state index contributed by atoms with van der Waals surface area (Å²) in [5, 5.41) is 0. The van der Waals surface area contributed by atoms with E-state index in [1.807, 2.05) is 24.3 Å². The lowest BCUT2D eigenvalue weighted by atomic mass is 10.0. The van der Waals surface area contributed by atoms with Gasteiger partial charge in [0.15, 0.2) is 0 Å². The molecule has 4 nitrogen and oxygen atoms in total. The molecule has 0 bridgehead atoms. The fourth-order valence-electron chi connectivity index (χ4n) is 2.10. The van der Waals surface area contributed by atoms with Gasteiger partial charge in [-0.1, -0.05) is 26.0 Å². The normalized spacial score (nSPS) is 14.6. The lowest BCUT2D eigenvalue weighted by molar-refractivity contribution is 0.457. The molecule has 1 N–H and O–H groups in total. The van der Waals surface area contributed by atoms with Crippen molar-refractivity contribution < 1.29 is 4.74 Å². The zero-order valence-corrected chi connectivity index (χ0v) is 11.7. The van der Waals surface area contributed by atoms with Crippen LogP contribution in [0, 0.1) is 0 Å². The van der Waals surface area contributed by atoms with E-state index in [2.05, 4.69) is 23.8 Å². The summed E-state index contributed by atoms with van der Waals surface area (Å²) in [6, 6.07) is 9.29. The van der Waals surface area contributed by atoms with Crippen molar-refractivity contribution in [3.05, 3.63) is 52.1 Å². The largest absolute Gasteiger partial charge is 0.439 e. The third-order valence-electron chi connectivity index (χ3n) is 3.47. The SMILES string of the molecule is CC(C)c1ccc(Oc2cc(=O)[nH]c(C3CC3)n2)cc1. The van der Waals surface area contributed by atoms with Crippen LogP contribution in [0.5, 0.6) is 11.6 Å². The average molecular weight is 270 g/mol. The molecule has 0 aliphatic heterocycles. The molecule has 1 aliphatic rings. The van der Waals surface area contributed by atoms with Crippen molar-refractivity contribution in [2.45, 2.75) is 38.5 Å². The fraction of sp³-hybridized carbons (Fsp3) is 0.375. The van der Waals surface area contributed by atoms with E-state index in [1.165, 1.54) is 11.6 Å². The zero-order valence-electron chi connectivity index (χ0n) is 11.7. The Morgan fingerprint density at radius 3 is 2.55 bits per heavy atom. The molecule has 0 atom stereocenters. The van der Waals surface area contributed by atoms with Crippen molar-refractivity contribution in [1.29, 1.82) is 0 Å². The first-order chi connectivity index (χ1) is 9.61. The van der Waals surface area contributed by atoms with Gasteiger partial charge in [0.05, 0.1) is 6.07 Å². The van der Waals surface area contributed by atoms with Crippen LogP contribution in [0.1, 0.15) is 49.9 Å². The number of hydrogen-bond donors (Lipinski definition) is 1. The van der Waals surface area contributed by atoms with Gasteiger partial charge in [-0.25, -0.2) is 0 Å². The van der Waals surface area contributed by atoms with E-state index in [-0.39, 0.29) is 5.56 Å². The Balaban J connectivity index is 1.81. The predicted molar refractivity (Wildman–Crippen MR) is 77.4 cm³/mol. The monoisotopic (exact) mass is 270 g/mol. The summed E-state index contributed by atoms with van der Waals surface area (Å²) in [6.45, 7) is 4.30. The molecular formula is C16H18N2O2. The van der Waals surface area contributed by atoms with Crippen molar-refractivity contribution in [1.82, 2.24) is 9.97 Å². The second-order valence-electron chi connectivity index (χ2n) is 5.57. The Bertz CT molecular complexity index is 655. The Hall–Kier alpha value is -2.10. The van der Waals surface area contributed by atoms with Crippen LogP contribution in [0.25, 0.3) is 0 Å². The first-order valence-corrected chi connectivity index (χ1v) is 7.01. The number of nitrogens with one attached hydrogen (secondary N) is 1. The predicted octanol–water partition coefficient (Wildman–Crippen LogP) is 3.56. The fourth-order valence-corrected chi connectivity index (χ4v) is 2.10. The maximum Gasteiger partial charge on any atom is 0.254 e. The lowest BCUT2D eigenvalue weighted by Gasteiger charge is -2.08. The quantitative estimate of drug-likeness (QED) is 0.924. The van der Waals surface area contributed by atoms with Gasteiger partial charge in [0, 0.05) is 5.92 Å². The minimum Gasteiger partial charge on any atom is -0.439 e. The van der Waals surface area contributed by atoms with Gasteiger partial charge in [0.2, 0.25) is 5.88 Å². The topological polar surface area (TPSA) is 55.0 Å². The van der Waals surface area contributed by atoms with Crippen LogP contribution in [-0.2, 0) is 0 Å². The van der Waals surface area contributed by atoms with Gasteiger partial charge in [0.1, 0.15) is 11.6 Å². The van der Waals surface area contributed by atoms with Gasteiger partial charge in [-0.2, -0.15) is 4.98 Å². The van der Waals surface area contributed by atoms with Gasteiger partial charge in [-0.05, 0) is 36.5 Å². The third kappa shape index (κ3) is 2.90. The standard InChI is InChI=1S/C16H18N2O2/c1-10(2)11-5-7-13(8-6-11)20-15-9-14(19)17-16(18-15)12-3-4-12/h5-10,12H,3-4H2,1-2H3,(H,17,18,19). The minimum atomic E-state index is -0.157. The second-order valence-corrected chi connectivity index (χ2v) is 5.57. The number of nitrogens with zero attached hydrogens (tertiary/aromatic N) is 1. The molecule has 3 rings (SSSR count). The summed E-state index contributed by atoms with van der Waals surface area (Å²) in [4.78, 5) is 18.7. The number of hydrogen-bond acceptors (Lipinski definition) is 3. The second kappa shape index (κ2) is 5.12. The van der Waals surface area contributed by atoms with E-state index in [0.29, 0.717) is 23.5 Å². The van der Waals surface area contributed by atoms with Crippen LogP contribution in [-0.4, -0.2) is 9.97 Å². The van der Waals surface area contributed by atoms with E-state index in [1.54, 1.807) is 0 Å². The smallest absolute Gasteiger partial charge is 0.254 e. The summed E-state index contributed by atoms with van der Waals surface area (Å²) in [7, 11) is 0. The molecule has 1 aromatic carbocycles. The Morgan fingerprint density at radius 1 is 1.25 bits per heavy atom. The number of rotatable bonds is 4. The molecule has 1 heterocycles. The first-order valence-electron chi connectivity index (χ1n) is 7.01. The number of benzene rings is 1. The average Bonchev–Trinajstić information content (AvgIpc) is 3.23. The number of ether oxygens (including phenoxy) is 1. The van der Waals surface area contributed by atoms with Gasteiger partial charge >= 0.3 is 0 Å². The van der Waals surface area contributed by atoms with Crippen LogP contribution in [0.4, 0.5) is 0 Å². The van der Waals surface area contributed by atoms with Crippen LogP contribution in [0.15, 0.2) is 35.1 Å². The minimum absolute atomic E-state index is 0.157. The summed E-state index contributed by atoms with van der Waals surface area (Å²) in [5.74, 6) is 2.70. The highest BCUT2D eigenvalue weighted by Crippen LogP contribution is 2.38. The Morgan fingerprint density at radius 2 is 1.95 bits per heavy atom. The highest BCUT2D eigenvalue weighted by molar-refractivity contribution is 5.31. The molecule has 0 amide bonds. The number of aromatic amines is 1. The molecule has 104 valence electrons. The van der Waals surface area contributed by atoms with Crippen LogP contribution < -0.4 is 10.3 Å². The maximum atomic E-state index is 11.6. The molecular weight excluding hydrogens is 252 g/mol. The number of aromatic nitrogens is 2. The summed E-state index contributed by atoms with van der Waals surface area (Å²) >= 11 is 0. The van der Waals surface area contributed by atoms with Gasteiger partial charge in [-0.3, -0.25) is 4.79 Å². The molecule has 0 unspecified atom stereocenters. The van der Waals surface area contributed by atoms with Crippen molar-refractivity contribution in [2.24, 2.45) is 0 Å². The molecule has 1 saturated carbocycles. The molecule has 0 saturated heterocycles. The molecule has 1 aromatic heterocycles. The highest BCUT2D eigenvalue weighted by atomic mass is 16.5. The van der Waals surface area contributed by atoms with Crippen molar-refractivity contribution >= 4 is 0 Å². The zero-order chi connectivity index (χ0) is 14.1. The summed E-state index contributed by atoms with van der Waals surface area (Å²) in [6.07, 6.45) is 2.19. The molecule has 20 heavy (non-hydrogen) atoms. The van der Waals surface area contributed by atoms with Gasteiger partial charge in [-0.15, -0.1) is 0 Å². The lowest BCUT2D eigenvalue weighted by Crippen LogP contribution is -2.10. The van der Waals surface area contributed by atoms with Crippen molar-refractivity contribution in [3.8, 4) is 11.6 Å². The van der Waals surface area contributed by atoms with Crippen molar-refractivity contribution in [3.63, 3.8) is 0 Å². The van der Waals surface area contributed by atoms with E-state index in [9.17, 15) is 4.79 Å². The molecule has 1 fully saturated rings. The maximum absolute atomic E-state index is 11.6.